The number of aliphatic carboxylic acids is 2. The molecule has 0 aliphatic heterocycles. The van der Waals surface area contributed by atoms with Crippen LogP contribution in [-0.2, 0) is 22.7 Å². The lowest BCUT2D eigenvalue weighted by atomic mass is 9.94. The van der Waals surface area contributed by atoms with Crippen LogP contribution >= 0.6 is 0 Å². The van der Waals surface area contributed by atoms with Crippen molar-refractivity contribution >= 4 is 56.8 Å². The number of benzene rings is 2. The van der Waals surface area contributed by atoms with Crippen molar-refractivity contribution in [2.75, 3.05) is 10.6 Å². The Balaban J connectivity index is 1.24. The van der Waals surface area contributed by atoms with Crippen LogP contribution in [0.5, 0.6) is 0 Å². The summed E-state index contributed by atoms with van der Waals surface area (Å²) in [4.78, 5) is 40.9. The molecule has 0 spiro atoms. The molecule has 0 bridgehead atoms. The molecule has 0 fully saturated rings. The van der Waals surface area contributed by atoms with E-state index in [-0.39, 0.29) is 0 Å². The highest BCUT2D eigenvalue weighted by Crippen LogP contribution is 2.36. The predicted octanol–water partition coefficient (Wildman–Crippen LogP) is 6.47. The average Bonchev–Trinajstić information content (AvgIpc) is 3.11. The SMILES string of the molecule is Cc1c(Nc2nccc3cc(CNC(C)C(=O)O)cnc23)cccc1-c1cccc(Nc2nccc3cc(CNC(C)C(=O)O)cnc23)c1C. The molecule has 6 N–H and O–H groups in total. The second kappa shape index (κ2) is 14.6. The summed E-state index contributed by atoms with van der Waals surface area (Å²) in [6.45, 7) is 8.13. The van der Waals surface area contributed by atoms with Gasteiger partial charge in [0.2, 0.25) is 0 Å². The number of anilines is 4. The summed E-state index contributed by atoms with van der Waals surface area (Å²) < 4.78 is 0. The maximum Gasteiger partial charge on any atom is 0.320 e. The quantitative estimate of drug-likeness (QED) is 0.0792. The van der Waals surface area contributed by atoms with Crippen molar-refractivity contribution in [2.24, 2.45) is 0 Å². The van der Waals surface area contributed by atoms with Gasteiger partial charge in [-0.15, -0.1) is 0 Å². The first-order valence-corrected chi connectivity index (χ1v) is 16.2. The van der Waals surface area contributed by atoms with Gasteiger partial charge in [-0.1, -0.05) is 24.3 Å². The Kier molecular flexibility index (Phi) is 9.93. The molecular weight excluding hydrogens is 632 g/mol. The van der Waals surface area contributed by atoms with Gasteiger partial charge in [-0.25, -0.2) is 9.97 Å². The number of carbonyl (C=O) groups is 2. The smallest absolute Gasteiger partial charge is 0.320 e. The molecule has 0 saturated heterocycles. The summed E-state index contributed by atoms with van der Waals surface area (Å²) in [5.41, 5.74) is 9.17. The molecule has 2 atom stereocenters. The van der Waals surface area contributed by atoms with Gasteiger partial charge in [-0.05, 0) is 97.5 Å². The van der Waals surface area contributed by atoms with E-state index in [2.05, 4.69) is 67.2 Å². The summed E-state index contributed by atoms with van der Waals surface area (Å²) in [5, 5.41) is 33.1. The molecule has 12 nitrogen and oxygen atoms in total. The lowest BCUT2D eigenvalue weighted by molar-refractivity contribution is -0.140. The van der Waals surface area contributed by atoms with Crippen LogP contribution in [0.15, 0.2) is 85.5 Å². The minimum absolute atomic E-state index is 0.386. The van der Waals surface area contributed by atoms with Crippen molar-refractivity contribution in [1.29, 1.82) is 0 Å². The van der Waals surface area contributed by atoms with Gasteiger partial charge in [0.05, 0.1) is 0 Å². The third-order valence-corrected chi connectivity index (χ3v) is 8.74. The van der Waals surface area contributed by atoms with E-state index in [0.717, 1.165) is 55.5 Å². The molecule has 6 aromatic rings. The van der Waals surface area contributed by atoms with Crippen molar-refractivity contribution in [3.05, 3.63) is 108 Å². The van der Waals surface area contributed by atoms with Crippen LogP contribution in [0.2, 0.25) is 0 Å². The van der Waals surface area contributed by atoms with Crippen LogP contribution in [0, 0.1) is 13.8 Å². The minimum atomic E-state index is -0.903. The Morgan fingerprint density at radius 1 is 0.640 bits per heavy atom. The molecule has 0 radical (unpaired) electrons. The second-order valence-electron chi connectivity index (χ2n) is 12.2. The zero-order valence-corrected chi connectivity index (χ0v) is 28.2. The topological polar surface area (TPSA) is 174 Å². The first-order chi connectivity index (χ1) is 24.1. The van der Waals surface area contributed by atoms with Crippen molar-refractivity contribution in [1.82, 2.24) is 30.6 Å². The normalized spacial score (nSPS) is 12.5. The minimum Gasteiger partial charge on any atom is -0.480 e. The molecule has 0 aliphatic carbocycles. The van der Waals surface area contributed by atoms with E-state index in [1.165, 1.54) is 0 Å². The first-order valence-electron chi connectivity index (χ1n) is 16.2. The monoisotopic (exact) mass is 670 g/mol. The van der Waals surface area contributed by atoms with Crippen molar-refractivity contribution in [3.63, 3.8) is 0 Å². The number of pyridine rings is 4. The van der Waals surface area contributed by atoms with E-state index >= 15 is 0 Å². The Labute approximate surface area is 289 Å². The van der Waals surface area contributed by atoms with Crippen molar-refractivity contribution in [3.8, 4) is 11.1 Å². The van der Waals surface area contributed by atoms with Gasteiger partial charge in [0, 0.05) is 60.0 Å². The summed E-state index contributed by atoms with van der Waals surface area (Å²) in [6.07, 6.45) is 6.94. The number of carboxylic acids is 2. The largest absolute Gasteiger partial charge is 0.480 e. The fraction of sp³-hybridized carbons (Fsp3) is 0.211. The van der Waals surface area contributed by atoms with Crippen LogP contribution in [0.4, 0.5) is 23.0 Å². The molecule has 4 heterocycles. The number of nitrogens with zero attached hydrogens (tertiary/aromatic N) is 4. The Bertz CT molecular complexity index is 2070. The Morgan fingerprint density at radius 2 is 1.06 bits per heavy atom. The molecule has 0 aliphatic rings. The van der Waals surface area contributed by atoms with Gasteiger partial charge in [0.1, 0.15) is 23.1 Å². The standard InChI is InChI=1S/C38H38N8O4/c1-21-29(7-5-9-31(21)45-35-33-27(11-13-39-35)15-25(19-43-33)17-41-23(3)37(47)48)30-8-6-10-32(22(30)2)46-36-34-28(12-14-40-36)16-26(20-44-34)18-42-24(4)38(49)50/h5-16,19-20,23-24,41-42H,17-18H2,1-4H3,(H,39,45)(H,40,46)(H,47,48)(H,49,50). The van der Waals surface area contributed by atoms with E-state index in [1.807, 2.05) is 48.5 Å². The molecule has 0 saturated carbocycles. The van der Waals surface area contributed by atoms with Crippen LogP contribution in [-0.4, -0.2) is 54.2 Å². The predicted molar refractivity (Wildman–Crippen MR) is 195 cm³/mol. The van der Waals surface area contributed by atoms with Crippen LogP contribution in [0.25, 0.3) is 32.9 Å². The summed E-state index contributed by atoms with van der Waals surface area (Å²) >= 11 is 0. The molecule has 6 rings (SSSR count). The van der Waals surface area contributed by atoms with Gasteiger partial charge < -0.3 is 31.5 Å². The fourth-order valence-electron chi connectivity index (χ4n) is 5.68. The third kappa shape index (κ3) is 7.36. The van der Waals surface area contributed by atoms with E-state index in [9.17, 15) is 19.8 Å². The van der Waals surface area contributed by atoms with E-state index in [0.29, 0.717) is 35.8 Å². The molecule has 254 valence electrons. The molecule has 0 amide bonds. The molecular formula is C38H38N8O4. The van der Waals surface area contributed by atoms with Gasteiger partial charge in [-0.2, -0.15) is 0 Å². The van der Waals surface area contributed by atoms with E-state index < -0.39 is 24.0 Å². The van der Waals surface area contributed by atoms with Gasteiger partial charge >= 0.3 is 11.9 Å². The van der Waals surface area contributed by atoms with Crippen LogP contribution < -0.4 is 21.3 Å². The number of hydrogen-bond donors (Lipinski definition) is 6. The number of carboxylic acid groups (broad SMARTS) is 2. The molecule has 2 aromatic carbocycles. The molecule has 2 unspecified atom stereocenters. The number of nitrogens with one attached hydrogen (secondary N) is 4. The average molecular weight is 671 g/mol. The van der Waals surface area contributed by atoms with Gasteiger partial charge in [0.25, 0.3) is 0 Å². The lowest BCUT2D eigenvalue weighted by Gasteiger charge is -2.18. The van der Waals surface area contributed by atoms with E-state index in [4.69, 9.17) is 0 Å². The number of rotatable bonds is 13. The van der Waals surface area contributed by atoms with Crippen LogP contribution in [0.3, 0.4) is 0 Å². The first kappa shape index (κ1) is 33.9. The van der Waals surface area contributed by atoms with E-state index in [1.54, 1.807) is 38.6 Å². The highest BCUT2D eigenvalue weighted by molar-refractivity contribution is 5.93. The van der Waals surface area contributed by atoms with Gasteiger partial charge in [-0.3, -0.25) is 19.6 Å². The number of aromatic nitrogens is 4. The second-order valence-corrected chi connectivity index (χ2v) is 12.2. The highest BCUT2D eigenvalue weighted by Gasteiger charge is 2.16. The summed E-state index contributed by atoms with van der Waals surface area (Å²) in [7, 11) is 0. The molecule has 12 heteroatoms. The number of fused-ring (bicyclic) bond motifs is 2. The molecule has 4 aromatic heterocycles. The summed E-state index contributed by atoms with van der Waals surface area (Å²) in [5.74, 6) is -0.560. The zero-order chi connectivity index (χ0) is 35.4. The Hall–Kier alpha value is -5.98. The van der Waals surface area contributed by atoms with Crippen molar-refractivity contribution in [2.45, 2.75) is 52.9 Å². The Morgan fingerprint density at radius 3 is 1.46 bits per heavy atom. The summed E-state index contributed by atoms with van der Waals surface area (Å²) in [6, 6.07) is 18.7. The zero-order valence-electron chi connectivity index (χ0n) is 28.2. The van der Waals surface area contributed by atoms with Crippen molar-refractivity contribution < 1.29 is 19.8 Å². The van der Waals surface area contributed by atoms with Crippen LogP contribution in [0.1, 0.15) is 36.1 Å². The molecule has 50 heavy (non-hydrogen) atoms. The third-order valence-electron chi connectivity index (χ3n) is 8.74. The fourth-order valence-corrected chi connectivity index (χ4v) is 5.68. The number of hydrogen-bond acceptors (Lipinski definition) is 10. The maximum atomic E-state index is 11.2. The highest BCUT2D eigenvalue weighted by atomic mass is 16.4. The maximum absolute atomic E-state index is 11.2. The lowest BCUT2D eigenvalue weighted by Crippen LogP contribution is -2.33. The van der Waals surface area contributed by atoms with Gasteiger partial charge in [0.15, 0.2) is 11.6 Å².